The van der Waals surface area contributed by atoms with Gasteiger partial charge in [-0.2, -0.15) is 0 Å². The molecule has 0 heterocycles. The van der Waals surface area contributed by atoms with Crippen LogP contribution in [0.5, 0.6) is 0 Å². The second kappa shape index (κ2) is 5.67. The average molecular weight is 224 g/mol. The fourth-order valence-corrected chi connectivity index (χ4v) is 2.69. The highest BCUT2D eigenvalue weighted by Crippen LogP contribution is 2.32. The van der Waals surface area contributed by atoms with E-state index >= 15 is 0 Å². The van der Waals surface area contributed by atoms with Crippen LogP contribution >= 0.6 is 0 Å². The predicted molar refractivity (Wildman–Crippen MR) is 65.0 cm³/mol. The molecule has 0 saturated heterocycles. The second-order valence-corrected chi connectivity index (χ2v) is 5.32. The molecule has 0 atom stereocenters. The van der Waals surface area contributed by atoms with Gasteiger partial charge in [0.25, 0.3) is 0 Å². The molecule has 2 aliphatic carbocycles. The summed E-state index contributed by atoms with van der Waals surface area (Å²) in [5, 5.41) is 0. The highest BCUT2D eigenvalue weighted by molar-refractivity contribution is 5.76. The molecule has 0 unspecified atom stereocenters. The molecule has 0 spiro atoms. The fraction of sp³-hybridized carbons (Fsp3) is 0.923. The number of carbonyl (C=O) groups excluding carboxylic acids is 1. The summed E-state index contributed by atoms with van der Waals surface area (Å²) in [4.78, 5) is 14.2. The molecule has 2 aliphatic rings. The van der Waals surface area contributed by atoms with Crippen molar-refractivity contribution in [2.75, 3.05) is 13.1 Å². The first-order valence-corrected chi connectivity index (χ1v) is 6.81. The van der Waals surface area contributed by atoms with E-state index in [-0.39, 0.29) is 0 Å². The molecule has 3 heteroatoms. The number of amides is 1. The topological polar surface area (TPSA) is 46.3 Å². The SMILES string of the molecule is NCCC(=O)N(CC1CC1)C1CCCCC1. The van der Waals surface area contributed by atoms with E-state index in [0.717, 1.165) is 12.5 Å². The first kappa shape index (κ1) is 11.9. The second-order valence-electron chi connectivity index (χ2n) is 5.32. The normalized spacial score (nSPS) is 22.1. The molecular weight excluding hydrogens is 200 g/mol. The quantitative estimate of drug-likeness (QED) is 0.775. The number of hydrogen-bond donors (Lipinski definition) is 1. The molecule has 3 nitrogen and oxygen atoms in total. The van der Waals surface area contributed by atoms with Crippen molar-refractivity contribution in [3.63, 3.8) is 0 Å². The summed E-state index contributed by atoms with van der Waals surface area (Å²) in [6, 6.07) is 0.522. The van der Waals surface area contributed by atoms with Gasteiger partial charge >= 0.3 is 0 Å². The molecule has 0 radical (unpaired) electrons. The van der Waals surface area contributed by atoms with Crippen molar-refractivity contribution in [1.82, 2.24) is 4.90 Å². The Hall–Kier alpha value is -0.570. The van der Waals surface area contributed by atoms with Gasteiger partial charge in [-0.15, -0.1) is 0 Å². The first-order valence-electron chi connectivity index (χ1n) is 6.81. The highest BCUT2D eigenvalue weighted by atomic mass is 16.2. The van der Waals surface area contributed by atoms with Gasteiger partial charge in [-0.1, -0.05) is 19.3 Å². The summed E-state index contributed by atoms with van der Waals surface area (Å²) >= 11 is 0. The minimum Gasteiger partial charge on any atom is -0.339 e. The van der Waals surface area contributed by atoms with Crippen LogP contribution in [0.1, 0.15) is 51.4 Å². The van der Waals surface area contributed by atoms with Gasteiger partial charge in [-0.3, -0.25) is 4.79 Å². The number of hydrogen-bond acceptors (Lipinski definition) is 2. The van der Waals surface area contributed by atoms with E-state index in [4.69, 9.17) is 5.73 Å². The number of carbonyl (C=O) groups is 1. The van der Waals surface area contributed by atoms with Gasteiger partial charge in [0.2, 0.25) is 5.91 Å². The molecule has 2 saturated carbocycles. The Labute approximate surface area is 98.4 Å². The molecule has 16 heavy (non-hydrogen) atoms. The highest BCUT2D eigenvalue weighted by Gasteiger charge is 2.31. The van der Waals surface area contributed by atoms with Gasteiger partial charge in [-0.25, -0.2) is 0 Å². The zero-order valence-corrected chi connectivity index (χ0v) is 10.2. The van der Waals surface area contributed by atoms with Gasteiger partial charge in [-0.05, 0) is 31.6 Å². The third kappa shape index (κ3) is 3.21. The Kier molecular flexibility index (Phi) is 4.22. The maximum atomic E-state index is 12.1. The minimum atomic E-state index is 0.293. The van der Waals surface area contributed by atoms with E-state index in [9.17, 15) is 4.79 Å². The lowest BCUT2D eigenvalue weighted by atomic mass is 9.93. The van der Waals surface area contributed by atoms with Crippen molar-refractivity contribution in [3.8, 4) is 0 Å². The summed E-state index contributed by atoms with van der Waals surface area (Å²) in [6.45, 7) is 1.50. The number of rotatable bonds is 5. The summed E-state index contributed by atoms with van der Waals surface area (Å²) in [5.74, 6) is 1.09. The van der Waals surface area contributed by atoms with Crippen LogP contribution in [0, 0.1) is 5.92 Å². The van der Waals surface area contributed by atoms with Gasteiger partial charge in [0.15, 0.2) is 0 Å². The molecule has 0 bridgehead atoms. The van der Waals surface area contributed by atoms with E-state index in [0.29, 0.717) is 24.9 Å². The molecule has 0 aromatic carbocycles. The van der Waals surface area contributed by atoms with Crippen LogP contribution in [0.2, 0.25) is 0 Å². The Balaban J connectivity index is 1.91. The molecule has 2 fully saturated rings. The third-order valence-corrected chi connectivity index (χ3v) is 3.85. The van der Waals surface area contributed by atoms with Crippen molar-refractivity contribution in [3.05, 3.63) is 0 Å². The summed E-state index contributed by atoms with van der Waals surface area (Å²) in [7, 11) is 0. The third-order valence-electron chi connectivity index (χ3n) is 3.85. The smallest absolute Gasteiger partial charge is 0.224 e. The van der Waals surface area contributed by atoms with E-state index in [1.54, 1.807) is 0 Å². The Morgan fingerprint density at radius 3 is 2.38 bits per heavy atom. The van der Waals surface area contributed by atoms with Crippen molar-refractivity contribution in [2.24, 2.45) is 11.7 Å². The number of nitrogens with two attached hydrogens (primary N) is 1. The lowest BCUT2D eigenvalue weighted by Crippen LogP contribution is -2.43. The van der Waals surface area contributed by atoms with Crippen LogP contribution in [0.4, 0.5) is 0 Å². The minimum absolute atomic E-state index is 0.293. The van der Waals surface area contributed by atoms with Crippen molar-refractivity contribution < 1.29 is 4.79 Å². The largest absolute Gasteiger partial charge is 0.339 e. The van der Waals surface area contributed by atoms with Crippen LogP contribution in [-0.4, -0.2) is 29.9 Å². The Morgan fingerprint density at radius 2 is 1.81 bits per heavy atom. The van der Waals surface area contributed by atoms with E-state index < -0.39 is 0 Å². The lowest BCUT2D eigenvalue weighted by molar-refractivity contribution is -0.134. The van der Waals surface area contributed by atoms with Gasteiger partial charge in [0.05, 0.1) is 0 Å². The zero-order valence-electron chi connectivity index (χ0n) is 10.2. The van der Waals surface area contributed by atoms with Crippen LogP contribution < -0.4 is 5.73 Å². The molecule has 1 amide bonds. The van der Waals surface area contributed by atoms with E-state index in [2.05, 4.69) is 4.90 Å². The predicted octanol–water partition coefficient (Wildman–Crippen LogP) is 1.91. The van der Waals surface area contributed by atoms with Crippen LogP contribution in [0.15, 0.2) is 0 Å². The summed E-state index contributed by atoms with van der Waals surface area (Å²) in [6.07, 6.45) is 9.52. The van der Waals surface area contributed by atoms with Crippen molar-refractivity contribution in [1.29, 1.82) is 0 Å². The van der Waals surface area contributed by atoms with Gasteiger partial charge in [0, 0.05) is 25.6 Å². The fourth-order valence-electron chi connectivity index (χ4n) is 2.69. The molecule has 92 valence electrons. The maximum Gasteiger partial charge on any atom is 0.224 e. The maximum absolute atomic E-state index is 12.1. The molecule has 0 aromatic rings. The average Bonchev–Trinajstić information content (AvgIpc) is 3.11. The first-order chi connectivity index (χ1) is 7.81. The van der Waals surface area contributed by atoms with Crippen LogP contribution in [0.25, 0.3) is 0 Å². The Morgan fingerprint density at radius 1 is 1.12 bits per heavy atom. The van der Waals surface area contributed by atoms with E-state index in [1.807, 2.05) is 0 Å². The van der Waals surface area contributed by atoms with Gasteiger partial charge in [0.1, 0.15) is 0 Å². The lowest BCUT2D eigenvalue weighted by Gasteiger charge is -2.34. The molecule has 0 aliphatic heterocycles. The molecule has 0 aromatic heterocycles. The van der Waals surface area contributed by atoms with Crippen LogP contribution in [0.3, 0.4) is 0 Å². The van der Waals surface area contributed by atoms with Crippen molar-refractivity contribution in [2.45, 2.75) is 57.4 Å². The van der Waals surface area contributed by atoms with Gasteiger partial charge < -0.3 is 10.6 Å². The monoisotopic (exact) mass is 224 g/mol. The standard InChI is InChI=1S/C13H24N2O/c14-9-8-13(16)15(10-11-6-7-11)12-4-2-1-3-5-12/h11-12H,1-10,14H2. The van der Waals surface area contributed by atoms with E-state index in [1.165, 1.54) is 44.9 Å². The molecule has 2 N–H and O–H groups in total. The molecule has 2 rings (SSSR count). The Bertz CT molecular complexity index is 232. The summed E-state index contributed by atoms with van der Waals surface area (Å²) in [5.41, 5.74) is 5.50. The van der Waals surface area contributed by atoms with Crippen LogP contribution in [-0.2, 0) is 4.79 Å². The zero-order chi connectivity index (χ0) is 11.4. The molecular formula is C13H24N2O. The summed E-state index contributed by atoms with van der Waals surface area (Å²) < 4.78 is 0. The number of nitrogens with zero attached hydrogens (tertiary/aromatic N) is 1. The van der Waals surface area contributed by atoms with Crippen molar-refractivity contribution >= 4 is 5.91 Å².